The van der Waals surface area contributed by atoms with Crippen LogP contribution in [0.15, 0.2) is 59.7 Å². The average Bonchev–Trinajstić information content (AvgIpc) is 3.16. The summed E-state index contributed by atoms with van der Waals surface area (Å²) in [4.78, 5) is 6.46. The van der Waals surface area contributed by atoms with Crippen molar-refractivity contribution < 1.29 is 4.74 Å². The number of nitriles is 1. The molecule has 2 aromatic carbocycles. The summed E-state index contributed by atoms with van der Waals surface area (Å²) >= 11 is 0. The van der Waals surface area contributed by atoms with Gasteiger partial charge in [-0.1, -0.05) is 0 Å². The molecule has 0 atom stereocenters. The molecule has 3 rings (SSSR count). The fourth-order valence-corrected chi connectivity index (χ4v) is 2.38. The van der Waals surface area contributed by atoms with Crippen molar-refractivity contribution >= 4 is 12.0 Å². The summed E-state index contributed by atoms with van der Waals surface area (Å²) in [6.07, 6.45) is 3.64. The summed E-state index contributed by atoms with van der Waals surface area (Å²) < 4.78 is 7.62. The van der Waals surface area contributed by atoms with Gasteiger partial charge in [0.2, 0.25) is 5.88 Å². The fraction of sp³-hybridized carbons (Fsp3) is 0.190. The molecule has 0 radical (unpaired) electrons. The minimum atomic E-state index is 0.504. The first-order valence-electron chi connectivity index (χ1n) is 8.68. The van der Waals surface area contributed by atoms with Gasteiger partial charge in [0.25, 0.3) is 0 Å². The van der Waals surface area contributed by atoms with Crippen molar-refractivity contribution in [3.05, 3.63) is 65.9 Å². The summed E-state index contributed by atoms with van der Waals surface area (Å²) in [6.45, 7) is 4.96. The van der Waals surface area contributed by atoms with Crippen LogP contribution in [0.5, 0.6) is 11.6 Å². The Labute approximate surface area is 159 Å². The van der Waals surface area contributed by atoms with Gasteiger partial charge in [-0.05, 0) is 61.9 Å². The first-order valence-corrected chi connectivity index (χ1v) is 8.68. The maximum Gasteiger partial charge on any atom is 0.238 e. The molecule has 136 valence electrons. The third kappa shape index (κ3) is 4.53. The van der Waals surface area contributed by atoms with Crippen molar-refractivity contribution in [1.29, 1.82) is 5.26 Å². The van der Waals surface area contributed by atoms with Gasteiger partial charge in [0, 0.05) is 25.9 Å². The molecule has 1 heterocycles. The van der Waals surface area contributed by atoms with Crippen molar-refractivity contribution in [2.45, 2.75) is 13.8 Å². The van der Waals surface area contributed by atoms with Crippen LogP contribution >= 0.6 is 0 Å². The quantitative estimate of drug-likeness (QED) is 0.481. The molecule has 0 amide bonds. The monoisotopic (exact) mass is 359 g/mol. The van der Waals surface area contributed by atoms with Gasteiger partial charge in [0.1, 0.15) is 5.75 Å². The van der Waals surface area contributed by atoms with Crippen LogP contribution in [0.2, 0.25) is 0 Å². The molecular formula is C21H21N5O. The Morgan fingerprint density at radius 3 is 2.67 bits per heavy atom. The van der Waals surface area contributed by atoms with Gasteiger partial charge in [0.05, 0.1) is 29.3 Å². The Hall–Kier alpha value is -3.59. The maximum atomic E-state index is 8.88. The molecule has 0 aliphatic heterocycles. The largest absolute Gasteiger partial charge is 0.437 e. The summed E-state index contributed by atoms with van der Waals surface area (Å²) in [7, 11) is 1.98. The van der Waals surface area contributed by atoms with E-state index < -0.39 is 0 Å². The molecule has 6 heteroatoms. The van der Waals surface area contributed by atoms with Gasteiger partial charge in [-0.15, -0.1) is 5.10 Å². The van der Waals surface area contributed by atoms with E-state index in [1.54, 1.807) is 22.9 Å². The average molecular weight is 359 g/mol. The van der Waals surface area contributed by atoms with E-state index in [0.717, 1.165) is 29.2 Å². The lowest BCUT2D eigenvalue weighted by Gasteiger charge is -2.09. The molecule has 27 heavy (non-hydrogen) atoms. The number of hydrogen-bond acceptors (Lipinski definition) is 4. The number of rotatable bonds is 6. The number of aromatic nitrogens is 2. The molecule has 0 aliphatic rings. The smallest absolute Gasteiger partial charge is 0.238 e. The van der Waals surface area contributed by atoms with E-state index in [4.69, 9.17) is 10.00 Å². The fourth-order valence-electron chi connectivity index (χ4n) is 2.38. The number of hydrogen-bond donors (Lipinski definition) is 0. The zero-order chi connectivity index (χ0) is 19.2. The first-order chi connectivity index (χ1) is 13.1. The van der Waals surface area contributed by atoms with Crippen LogP contribution in [0.1, 0.15) is 18.1 Å². The predicted molar refractivity (Wildman–Crippen MR) is 106 cm³/mol. The van der Waals surface area contributed by atoms with Crippen LogP contribution in [-0.2, 0) is 0 Å². The first kappa shape index (κ1) is 18.2. The lowest BCUT2D eigenvalue weighted by molar-refractivity contribution is 0.454. The Bertz CT molecular complexity index is 983. The molecule has 1 aromatic heterocycles. The van der Waals surface area contributed by atoms with Crippen molar-refractivity contribution in [2.75, 3.05) is 13.6 Å². The maximum absolute atomic E-state index is 8.88. The van der Waals surface area contributed by atoms with Gasteiger partial charge >= 0.3 is 0 Å². The van der Waals surface area contributed by atoms with Crippen molar-refractivity contribution in [1.82, 2.24) is 14.7 Å². The number of aliphatic imine (C=N–C) groups is 1. The number of ether oxygens (including phenoxy) is 1. The molecule has 3 aromatic rings. The topological polar surface area (TPSA) is 66.4 Å². The summed E-state index contributed by atoms with van der Waals surface area (Å²) in [5.74, 6) is 1.24. The van der Waals surface area contributed by atoms with Gasteiger partial charge < -0.3 is 9.64 Å². The molecule has 0 bridgehead atoms. The normalized spacial score (nSPS) is 10.7. The highest BCUT2D eigenvalue weighted by Crippen LogP contribution is 2.27. The molecular weight excluding hydrogens is 338 g/mol. The molecule has 0 spiro atoms. The number of aryl methyl sites for hydroxylation is 1. The van der Waals surface area contributed by atoms with Crippen molar-refractivity contribution in [3.8, 4) is 23.4 Å². The Balaban J connectivity index is 1.73. The van der Waals surface area contributed by atoms with Crippen LogP contribution in [0.25, 0.3) is 5.69 Å². The minimum absolute atomic E-state index is 0.504. The second-order valence-corrected chi connectivity index (χ2v) is 6.13. The molecule has 0 aliphatic carbocycles. The summed E-state index contributed by atoms with van der Waals surface area (Å²) in [6, 6.07) is 16.9. The van der Waals surface area contributed by atoms with Crippen molar-refractivity contribution in [3.63, 3.8) is 0 Å². The van der Waals surface area contributed by atoms with Gasteiger partial charge in [-0.2, -0.15) is 5.26 Å². The zero-order valence-corrected chi connectivity index (χ0v) is 15.6. The third-order valence-corrected chi connectivity index (χ3v) is 4.10. The van der Waals surface area contributed by atoms with Crippen LogP contribution in [-0.4, -0.2) is 34.6 Å². The molecule has 0 saturated carbocycles. The summed E-state index contributed by atoms with van der Waals surface area (Å²) in [5.41, 5.74) is 3.34. The molecule has 0 N–H and O–H groups in total. The molecule has 0 saturated heterocycles. The SMILES string of the molecule is CCN(C)C=Nc1ccc(Oc2ccn(-c3ccc(C#N)cc3)n2)c(C)c1. The predicted octanol–water partition coefficient (Wildman–Crippen LogP) is 4.46. The standard InChI is InChI=1S/C21H21N5O/c1-4-25(3)15-23-18-7-10-20(16(2)13-18)27-21-11-12-26(24-21)19-8-5-17(14-22)6-9-19/h5-13,15H,4H2,1-3H3. The van der Waals surface area contributed by atoms with Crippen LogP contribution in [0, 0.1) is 18.3 Å². The van der Waals surface area contributed by atoms with Gasteiger partial charge in [-0.25, -0.2) is 9.67 Å². The van der Waals surface area contributed by atoms with E-state index in [-0.39, 0.29) is 0 Å². The highest BCUT2D eigenvalue weighted by molar-refractivity contribution is 5.62. The van der Waals surface area contributed by atoms with Crippen LogP contribution in [0.4, 0.5) is 5.69 Å². The lowest BCUT2D eigenvalue weighted by atomic mass is 10.2. The highest BCUT2D eigenvalue weighted by Gasteiger charge is 2.07. The van der Waals surface area contributed by atoms with Gasteiger partial charge in [-0.3, -0.25) is 0 Å². The molecule has 0 unspecified atom stereocenters. The zero-order valence-electron chi connectivity index (χ0n) is 15.6. The lowest BCUT2D eigenvalue weighted by Crippen LogP contribution is -2.14. The molecule has 6 nitrogen and oxygen atoms in total. The summed E-state index contributed by atoms with van der Waals surface area (Å²) in [5, 5.41) is 13.3. The van der Waals surface area contributed by atoms with Crippen molar-refractivity contribution in [2.24, 2.45) is 4.99 Å². The Morgan fingerprint density at radius 2 is 2.00 bits per heavy atom. The minimum Gasteiger partial charge on any atom is -0.437 e. The van der Waals surface area contributed by atoms with E-state index in [0.29, 0.717) is 11.4 Å². The van der Waals surface area contributed by atoms with E-state index in [2.05, 4.69) is 23.1 Å². The Morgan fingerprint density at radius 1 is 1.22 bits per heavy atom. The van der Waals surface area contributed by atoms with E-state index in [9.17, 15) is 0 Å². The Kier molecular flexibility index (Phi) is 5.53. The highest BCUT2D eigenvalue weighted by atomic mass is 16.5. The van der Waals surface area contributed by atoms with E-state index in [1.165, 1.54) is 0 Å². The second-order valence-electron chi connectivity index (χ2n) is 6.13. The van der Waals surface area contributed by atoms with Crippen LogP contribution < -0.4 is 4.74 Å². The number of nitrogens with zero attached hydrogens (tertiary/aromatic N) is 5. The second kappa shape index (κ2) is 8.19. The third-order valence-electron chi connectivity index (χ3n) is 4.10. The van der Waals surface area contributed by atoms with E-state index in [1.807, 2.05) is 61.7 Å². The van der Waals surface area contributed by atoms with Gasteiger partial charge in [0.15, 0.2) is 0 Å². The number of benzene rings is 2. The molecule has 0 fully saturated rings. The van der Waals surface area contributed by atoms with E-state index >= 15 is 0 Å². The van der Waals surface area contributed by atoms with Crippen LogP contribution in [0.3, 0.4) is 0 Å².